The molecule has 0 atom stereocenters. The number of carbonyl (C=O) groups excluding carboxylic acids is 2. The molecule has 1 saturated carbocycles. The number of hydrogen-bond acceptors (Lipinski definition) is 3. The fourth-order valence-electron chi connectivity index (χ4n) is 3.39. The SMILES string of the molecule is CN1CCCN(C(=O)CC2(CN)CCCCC2)CC1=O. The average molecular weight is 281 g/mol. The van der Waals surface area contributed by atoms with Crippen LogP contribution in [0.4, 0.5) is 0 Å². The molecule has 5 heteroatoms. The molecule has 0 aromatic rings. The van der Waals surface area contributed by atoms with E-state index in [0.717, 1.165) is 25.8 Å². The third-order valence-electron chi connectivity index (χ3n) is 4.90. The van der Waals surface area contributed by atoms with Crippen LogP contribution >= 0.6 is 0 Å². The first-order chi connectivity index (χ1) is 9.56. The number of nitrogens with zero attached hydrogens (tertiary/aromatic N) is 2. The van der Waals surface area contributed by atoms with Crippen LogP contribution in [-0.2, 0) is 9.59 Å². The molecule has 2 amide bonds. The summed E-state index contributed by atoms with van der Waals surface area (Å²) in [6, 6.07) is 0. The molecule has 0 radical (unpaired) electrons. The molecule has 2 N–H and O–H groups in total. The normalized spacial score (nSPS) is 23.6. The van der Waals surface area contributed by atoms with E-state index < -0.39 is 0 Å². The lowest BCUT2D eigenvalue weighted by atomic mass is 9.71. The van der Waals surface area contributed by atoms with Gasteiger partial charge >= 0.3 is 0 Å². The molecule has 1 saturated heterocycles. The van der Waals surface area contributed by atoms with Crippen LogP contribution < -0.4 is 5.73 Å². The van der Waals surface area contributed by atoms with Gasteiger partial charge in [0, 0.05) is 26.6 Å². The smallest absolute Gasteiger partial charge is 0.241 e. The molecule has 0 unspecified atom stereocenters. The molecule has 2 rings (SSSR count). The van der Waals surface area contributed by atoms with Crippen molar-refractivity contribution in [2.75, 3.05) is 33.2 Å². The van der Waals surface area contributed by atoms with Crippen LogP contribution in [0.2, 0.25) is 0 Å². The molecule has 1 heterocycles. The van der Waals surface area contributed by atoms with E-state index >= 15 is 0 Å². The van der Waals surface area contributed by atoms with Gasteiger partial charge in [-0.1, -0.05) is 19.3 Å². The highest BCUT2D eigenvalue weighted by molar-refractivity contribution is 5.85. The number of carbonyl (C=O) groups is 2. The Morgan fingerprint density at radius 1 is 1.20 bits per heavy atom. The van der Waals surface area contributed by atoms with Crippen molar-refractivity contribution in [1.82, 2.24) is 9.80 Å². The first-order valence-corrected chi connectivity index (χ1v) is 7.78. The van der Waals surface area contributed by atoms with E-state index in [0.29, 0.717) is 19.5 Å². The fourth-order valence-corrected chi connectivity index (χ4v) is 3.39. The minimum absolute atomic E-state index is 0.0173. The average Bonchev–Trinajstić information content (AvgIpc) is 2.62. The predicted octanol–water partition coefficient (Wildman–Crippen LogP) is 0.976. The summed E-state index contributed by atoms with van der Waals surface area (Å²) in [5.74, 6) is 0.155. The molecule has 1 aliphatic heterocycles. The van der Waals surface area contributed by atoms with Gasteiger partial charge in [-0.3, -0.25) is 9.59 Å². The first-order valence-electron chi connectivity index (χ1n) is 7.78. The van der Waals surface area contributed by atoms with Crippen molar-refractivity contribution in [3.63, 3.8) is 0 Å². The number of rotatable bonds is 3. The summed E-state index contributed by atoms with van der Waals surface area (Å²) >= 11 is 0. The summed E-state index contributed by atoms with van der Waals surface area (Å²) in [4.78, 5) is 27.9. The quantitative estimate of drug-likeness (QED) is 0.838. The van der Waals surface area contributed by atoms with Crippen molar-refractivity contribution in [2.45, 2.75) is 44.9 Å². The van der Waals surface area contributed by atoms with Gasteiger partial charge in [-0.25, -0.2) is 0 Å². The van der Waals surface area contributed by atoms with E-state index in [-0.39, 0.29) is 23.8 Å². The van der Waals surface area contributed by atoms with Crippen molar-refractivity contribution in [1.29, 1.82) is 0 Å². The maximum Gasteiger partial charge on any atom is 0.241 e. The topological polar surface area (TPSA) is 66.6 Å². The summed E-state index contributed by atoms with van der Waals surface area (Å²) < 4.78 is 0. The Labute approximate surface area is 121 Å². The summed E-state index contributed by atoms with van der Waals surface area (Å²) in [5, 5.41) is 0. The van der Waals surface area contributed by atoms with Crippen molar-refractivity contribution in [3.8, 4) is 0 Å². The van der Waals surface area contributed by atoms with Crippen molar-refractivity contribution >= 4 is 11.8 Å². The Kier molecular flexibility index (Phi) is 5.02. The molecule has 0 aromatic heterocycles. The van der Waals surface area contributed by atoms with Crippen molar-refractivity contribution in [2.24, 2.45) is 11.1 Å². The largest absolute Gasteiger partial charge is 0.344 e. The number of likely N-dealkylation sites (N-methyl/N-ethyl adjacent to an activating group) is 1. The number of amides is 2. The van der Waals surface area contributed by atoms with Crippen molar-refractivity contribution < 1.29 is 9.59 Å². The lowest BCUT2D eigenvalue weighted by molar-refractivity contribution is -0.140. The molecule has 0 bridgehead atoms. The maximum atomic E-state index is 12.5. The Balaban J connectivity index is 1.97. The van der Waals surface area contributed by atoms with Gasteiger partial charge in [0.05, 0.1) is 6.54 Å². The second kappa shape index (κ2) is 6.57. The van der Waals surface area contributed by atoms with E-state index in [1.165, 1.54) is 19.3 Å². The maximum absolute atomic E-state index is 12.5. The van der Waals surface area contributed by atoms with Gasteiger partial charge < -0.3 is 15.5 Å². The van der Waals surface area contributed by atoms with Crippen molar-refractivity contribution in [3.05, 3.63) is 0 Å². The molecule has 0 spiro atoms. The third-order valence-corrected chi connectivity index (χ3v) is 4.90. The third kappa shape index (κ3) is 3.51. The zero-order valence-electron chi connectivity index (χ0n) is 12.6. The summed E-state index contributed by atoms with van der Waals surface area (Å²) in [7, 11) is 1.80. The van der Waals surface area contributed by atoms with Gasteiger partial charge in [0.2, 0.25) is 11.8 Å². The summed E-state index contributed by atoms with van der Waals surface area (Å²) in [6.45, 7) is 2.25. The highest BCUT2D eigenvalue weighted by Crippen LogP contribution is 2.38. The standard InChI is InChI=1S/C15H27N3O2/c1-17-8-5-9-18(11-14(17)20)13(19)10-15(12-16)6-3-2-4-7-15/h2-12,16H2,1H3. The number of nitrogens with two attached hydrogens (primary N) is 1. The molecule has 1 aliphatic carbocycles. The Morgan fingerprint density at radius 3 is 2.55 bits per heavy atom. The van der Waals surface area contributed by atoms with Gasteiger partial charge in [0.15, 0.2) is 0 Å². The van der Waals surface area contributed by atoms with Gasteiger partial charge in [-0.15, -0.1) is 0 Å². The number of hydrogen-bond donors (Lipinski definition) is 1. The summed E-state index contributed by atoms with van der Waals surface area (Å²) in [6.07, 6.45) is 7.08. The molecule has 20 heavy (non-hydrogen) atoms. The highest BCUT2D eigenvalue weighted by Gasteiger charge is 2.35. The van der Waals surface area contributed by atoms with Crippen LogP contribution in [0, 0.1) is 5.41 Å². The van der Waals surface area contributed by atoms with Crippen LogP contribution in [0.15, 0.2) is 0 Å². The molecule has 2 fully saturated rings. The zero-order chi connectivity index (χ0) is 14.6. The second-order valence-electron chi connectivity index (χ2n) is 6.43. The highest BCUT2D eigenvalue weighted by atomic mass is 16.2. The lowest BCUT2D eigenvalue weighted by Gasteiger charge is -2.37. The Bertz CT molecular complexity index is 364. The van der Waals surface area contributed by atoms with E-state index in [4.69, 9.17) is 5.73 Å². The predicted molar refractivity (Wildman–Crippen MR) is 78.0 cm³/mol. The molecule has 114 valence electrons. The van der Waals surface area contributed by atoms with Crippen LogP contribution in [0.5, 0.6) is 0 Å². The van der Waals surface area contributed by atoms with Gasteiger partial charge in [0.25, 0.3) is 0 Å². The minimum Gasteiger partial charge on any atom is -0.344 e. The Morgan fingerprint density at radius 2 is 1.90 bits per heavy atom. The lowest BCUT2D eigenvalue weighted by Crippen LogP contribution is -2.43. The van der Waals surface area contributed by atoms with Crippen LogP contribution in [0.25, 0.3) is 0 Å². The van der Waals surface area contributed by atoms with E-state index in [1.807, 2.05) is 0 Å². The van der Waals surface area contributed by atoms with E-state index in [1.54, 1.807) is 16.8 Å². The molecular formula is C15H27N3O2. The monoisotopic (exact) mass is 281 g/mol. The second-order valence-corrected chi connectivity index (χ2v) is 6.43. The van der Waals surface area contributed by atoms with E-state index in [9.17, 15) is 9.59 Å². The zero-order valence-corrected chi connectivity index (χ0v) is 12.6. The van der Waals surface area contributed by atoms with Crippen LogP contribution in [0.3, 0.4) is 0 Å². The van der Waals surface area contributed by atoms with Crippen LogP contribution in [0.1, 0.15) is 44.9 Å². The molecule has 5 nitrogen and oxygen atoms in total. The first kappa shape index (κ1) is 15.3. The van der Waals surface area contributed by atoms with Gasteiger partial charge in [-0.2, -0.15) is 0 Å². The van der Waals surface area contributed by atoms with Gasteiger partial charge in [0.1, 0.15) is 0 Å². The minimum atomic E-state index is -0.0173. The van der Waals surface area contributed by atoms with Crippen LogP contribution in [-0.4, -0.2) is 54.8 Å². The molecule has 2 aliphatic rings. The van der Waals surface area contributed by atoms with E-state index in [2.05, 4.69) is 0 Å². The molecular weight excluding hydrogens is 254 g/mol. The molecule has 0 aromatic carbocycles. The Hall–Kier alpha value is -1.10. The summed E-state index contributed by atoms with van der Waals surface area (Å²) in [5.41, 5.74) is 5.93. The van der Waals surface area contributed by atoms with Gasteiger partial charge in [-0.05, 0) is 31.2 Å². The fraction of sp³-hybridized carbons (Fsp3) is 0.867.